The molecule has 0 saturated carbocycles. The van der Waals surface area contributed by atoms with E-state index in [1.165, 1.54) is 0 Å². The summed E-state index contributed by atoms with van der Waals surface area (Å²) < 4.78 is 5.00. The summed E-state index contributed by atoms with van der Waals surface area (Å²) in [5.74, 6) is 0.871. The molecule has 0 unspecified atom stereocenters. The van der Waals surface area contributed by atoms with E-state index in [-0.39, 0.29) is 6.54 Å². The van der Waals surface area contributed by atoms with Gasteiger partial charge in [-0.3, -0.25) is 0 Å². The van der Waals surface area contributed by atoms with E-state index in [2.05, 4.69) is 10.1 Å². The molecule has 4 nitrogen and oxygen atoms in total. The van der Waals surface area contributed by atoms with Crippen molar-refractivity contribution in [2.45, 2.75) is 6.54 Å². The molecule has 0 atom stereocenters. The Morgan fingerprint density at radius 2 is 2.14 bits per heavy atom. The van der Waals surface area contributed by atoms with Crippen LogP contribution in [0, 0.1) is 0 Å². The van der Waals surface area contributed by atoms with Gasteiger partial charge in [0.2, 0.25) is 0 Å². The standard InChI is InChI=1S/C9H8ClN3O/c10-7-4-2-1-3-6(7)9-12-8(5-11)13-14-9/h1-4H,5,11H2. The predicted molar refractivity (Wildman–Crippen MR) is 52.6 cm³/mol. The van der Waals surface area contributed by atoms with Crippen LogP contribution in [-0.2, 0) is 6.54 Å². The van der Waals surface area contributed by atoms with Gasteiger partial charge < -0.3 is 10.3 Å². The Hall–Kier alpha value is -1.39. The van der Waals surface area contributed by atoms with Crippen LogP contribution in [0.25, 0.3) is 11.5 Å². The summed E-state index contributed by atoms with van der Waals surface area (Å²) in [6.45, 7) is 0.258. The molecule has 0 aliphatic carbocycles. The van der Waals surface area contributed by atoms with Crippen LogP contribution in [0.1, 0.15) is 5.82 Å². The Kier molecular flexibility index (Phi) is 2.47. The monoisotopic (exact) mass is 209 g/mol. The molecule has 0 fully saturated rings. The number of aromatic nitrogens is 2. The van der Waals surface area contributed by atoms with E-state index >= 15 is 0 Å². The number of rotatable bonds is 2. The molecule has 14 heavy (non-hydrogen) atoms. The van der Waals surface area contributed by atoms with Gasteiger partial charge in [-0.05, 0) is 12.1 Å². The summed E-state index contributed by atoms with van der Waals surface area (Å²) in [5, 5.41) is 4.27. The first kappa shape index (κ1) is 9.18. The molecule has 0 saturated heterocycles. The average Bonchev–Trinajstić information content (AvgIpc) is 2.67. The summed E-state index contributed by atoms with van der Waals surface area (Å²) in [6, 6.07) is 7.28. The first-order valence-corrected chi connectivity index (χ1v) is 4.46. The van der Waals surface area contributed by atoms with Crippen molar-refractivity contribution in [3.63, 3.8) is 0 Å². The molecular formula is C9H8ClN3O. The Morgan fingerprint density at radius 1 is 1.36 bits per heavy atom. The van der Waals surface area contributed by atoms with Crippen molar-refractivity contribution in [2.24, 2.45) is 5.73 Å². The van der Waals surface area contributed by atoms with Crippen molar-refractivity contribution in [3.05, 3.63) is 35.1 Å². The highest BCUT2D eigenvalue weighted by atomic mass is 35.5. The molecule has 1 aromatic heterocycles. The highest BCUT2D eigenvalue weighted by molar-refractivity contribution is 6.33. The number of nitrogens with two attached hydrogens (primary N) is 1. The molecule has 2 aromatic rings. The van der Waals surface area contributed by atoms with E-state index in [1.54, 1.807) is 6.07 Å². The van der Waals surface area contributed by atoms with Crippen LogP contribution in [0.5, 0.6) is 0 Å². The zero-order valence-corrected chi connectivity index (χ0v) is 8.03. The lowest BCUT2D eigenvalue weighted by Crippen LogP contribution is -1.97. The number of benzene rings is 1. The highest BCUT2D eigenvalue weighted by Crippen LogP contribution is 2.25. The SMILES string of the molecule is NCc1noc(-c2ccccc2Cl)n1. The summed E-state index contributed by atoms with van der Waals surface area (Å²) in [5.41, 5.74) is 6.08. The van der Waals surface area contributed by atoms with Crippen LogP contribution < -0.4 is 5.73 Å². The van der Waals surface area contributed by atoms with Gasteiger partial charge in [0, 0.05) is 0 Å². The maximum atomic E-state index is 5.95. The van der Waals surface area contributed by atoms with Crippen molar-refractivity contribution in [1.82, 2.24) is 10.1 Å². The molecule has 1 heterocycles. The molecule has 0 bridgehead atoms. The molecule has 72 valence electrons. The number of hydrogen-bond acceptors (Lipinski definition) is 4. The molecule has 1 aromatic carbocycles. The predicted octanol–water partition coefficient (Wildman–Crippen LogP) is 1.85. The van der Waals surface area contributed by atoms with Gasteiger partial charge in [-0.1, -0.05) is 28.9 Å². The molecule has 0 spiro atoms. The molecular weight excluding hydrogens is 202 g/mol. The number of halogens is 1. The third-order valence-corrected chi connectivity index (χ3v) is 2.08. The first-order valence-electron chi connectivity index (χ1n) is 4.09. The largest absolute Gasteiger partial charge is 0.334 e. The minimum Gasteiger partial charge on any atom is -0.334 e. The van der Waals surface area contributed by atoms with Crippen LogP contribution >= 0.6 is 11.6 Å². The second kappa shape index (κ2) is 3.77. The van der Waals surface area contributed by atoms with Crippen LogP contribution in [0.3, 0.4) is 0 Å². The van der Waals surface area contributed by atoms with E-state index in [9.17, 15) is 0 Å². The van der Waals surface area contributed by atoms with Crippen molar-refractivity contribution >= 4 is 11.6 Å². The van der Waals surface area contributed by atoms with Gasteiger partial charge in [0.1, 0.15) is 0 Å². The molecule has 2 N–H and O–H groups in total. The van der Waals surface area contributed by atoms with E-state index in [0.29, 0.717) is 16.7 Å². The second-order valence-corrected chi connectivity index (χ2v) is 3.11. The van der Waals surface area contributed by atoms with Crippen LogP contribution in [-0.4, -0.2) is 10.1 Å². The maximum absolute atomic E-state index is 5.95. The summed E-state index contributed by atoms with van der Waals surface area (Å²) in [4.78, 5) is 4.07. The Morgan fingerprint density at radius 3 is 2.79 bits per heavy atom. The lowest BCUT2D eigenvalue weighted by Gasteiger charge is -1.95. The zero-order chi connectivity index (χ0) is 9.97. The van der Waals surface area contributed by atoms with Gasteiger partial charge in [-0.25, -0.2) is 0 Å². The highest BCUT2D eigenvalue weighted by Gasteiger charge is 2.10. The second-order valence-electron chi connectivity index (χ2n) is 2.70. The van der Waals surface area contributed by atoms with Crippen molar-refractivity contribution in [3.8, 4) is 11.5 Å². The molecule has 5 heteroatoms. The summed E-state index contributed by atoms with van der Waals surface area (Å²) in [6.07, 6.45) is 0. The Bertz CT molecular complexity index is 441. The van der Waals surface area contributed by atoms with E-state index in [4.69, 9.17) is 21.9 Å². The van der Waals surface area contributed by atoms with Gasteiger partial charge in [0.25, 0.3) is 5.89 Å². The lowest BCUT2D eigenvalue weighted by atomic mass is 10.2. The third-order valence-electron chi connectivity index (χ3n) is 1.75. The van der Waals surface area contributed by atoms with Crippen molar-refractivity contribution in [2.75, 3.05) is 0 Å². The number of hydrogen-bond donors (Lipinski definition) is 1. The molecule has 0 aliphatic rings. The molecule has 2 rings (SSSR count). The first-order chi connectivity index (χ1) is 6.81. The molecule has 0 radical (unpaired) electrons. The maximum Gasteiger partial charge on any atom is 0.259 e. The molecule has 0 aliphatic heterocycles. The topological polar surface area (TPSA) is 64.9 Å². The lowest BCUT2D eigenvalue weighted by molar-refractivity contribution is 0.423. The van der Waals surface area contributed by atoms with E-state index in [1.807, 2.05) is 18.2 Å². The summed E-state index contributed by atoms with van der Waals surface area (Å²) in [7, 11) is 0. The summed E-state index contributed by atoms with van der Waals surface area (Å²) >= 11 is 5.95. The fourth-order valence-electron chi connectivity index (χ4n) is 1.08. The zero-order valence-electron chi connectivity index (χ0n) is 7.27. The van der Waals surface area contributed by atoms with Crippen LogP contribution in [0.15, 0.2) is 28.8 Å². The van der Waals surface area contributed by atoms with Crippen molar-refractivity contribution < 1.29 is 4.52 Å². The normalized spacial score (nSPS) is 10.4. The van der Waals surface area contributed by atoms with Crippen molar-refractivity contribution in [1.29, 1.82) is 0 Å². The fourth-order valence-corrected chi connectivity index (χ4v) is 1.30. The van der Waals surface area contributed by atoms with Gasteiger partial charge in [-0.15, -0.1) is 0 Å². The van der Waals surface area contributed by atoms with E-state index in [0.717, 1.165) is 5.56 Å². The Labute approximate surface area is 85.7 Å². The van der Waals surface area contributed by atoms with Crippen LogP contribution in [0.4, 0.5) is 0 Å². The third kappa shape index (κ3) is 1.62. The average molecular weight is 210 g/mol. The molecule has 0 amide bonds. The minimum absolute atomic E-state index is 0.258. The van der Waals surface area contributed by atoms with Gasteiger partial charge in [-0.2, -0.15) is 4.98 Å². The quantitative estimate of drug-likeness (QED) is 0.820. The van der Waals surface area contributed by atoms with Gasteiger partial charge >= 0.3 is 0 Å². The smallest absolute Gasteiger partial charge is 0.259 e. The van der Waals surface area contributed by atoms with Gasteiger partial charge in [0.05, 0.1) is 17.1 Å². The Balaban J connectivity index is 2.44. The van der Waals surface area contributed by atoms with Crippen LogP contribution in [0.2, 0.25) is 5.02 Å². The minimum atomic E-state index is 0.258. The fraction of sp³-hybridized carbons (Fsp3) is 0.111. The number of nitrogens with zero attached hydrogens (tertiary/aromatic N) is 2. The van der Waals surface area contributed by atoms with E-state index < -0.39 is 0 Å². The van der Waals surface area contributed by atoms with Gasteiger partial charge in [0.15, 0.2) is 5.82 Å².